The number of amides is 1. The number of ether oxygens (including phenoxy) is 1. The second-order valence-corrected chi connectivity index (χ2v) is 7.00. The molecule has 1 atom stereocenters. The zero-order valence-electron chi connectivity index (χ0n) is 15.4. The van der Waals surface area contributed by atoms with Gasteiger partial charge >= 0.3 is 6.18 Å². The number of thiophene rings is 1. The topological polar surface area (TPSA) is 73.2 Å². The SMILES string of the molecule is COc1ccc(C(F)(F)F)cc1NC(=O)C(C)n1nc(-c2cccs2)ccc1=O. The number of rotatable bonds is 5. The van der Waals surface area contributed by atoms with Crippen LogP contribution in [0, 0.1) is 0 Å². The van der Waals surface area contributed by atoms with Crippen LogP contribution in [0.2, 0.25) is 0 Å². The van der Waals surface area contributed by atoms with Gasteiger partial charge in [-0.15, -0.1) is 11.3 Å². The number of benzene rings is 1. The zero-order chi connectivity index (χ0) is 21.2. The van der Waals surface area contributed by atoms with E-state index in [-0.39, 0.29) is 11.4 Å². The third-order valence-corrected chi connectivity index (χ3v) is 5.02. The molecule has 152 valence electrons. The van der Waals surface area contributed by atoms with Crippen molar-refractivity contribution in [3.8, 4) is 16.3 Å². The lowest BCUT2D eigenvalue weighted by atomic mass is 10.1. The molecule has 2 aromatic heterocycles. The quantitative estimate of drug-likeness (QED) is 0.668. The molecule has 0 saturated carbocycles. The van der Waals surface area contributed by atoms with Crippen molar-refractivity contribution in [3.05, 3.63) is 63.8 Å². The molecule has 0 bridgehead atoms. The van der Waals surface area contributed by atoms with Gasteiger partial charge in [0.05, 0.1) is 23.2 Å². The van der Waals surface area contributed by atoms with Gasteiger partial charge < -0.3 is 10.1 Å². The number of nitrogens with zero attached hydrogens (tertiary/aromatic N) is 2. The van der Waals surface area contributed by atoms with E-state index >= 15 is 0 Å². The number of alkyl halides is 3. The Morgan fingerprint density at radius 3 is 2.62 bits per heavy atom. The molecule has 3 rings (SSSR count). The molecular formula is C19H16F3N3O3S. The van der Waals surface area contributed by atoms with Crippen LogP contribution in [0.15, 0.2) is 52.6 Å². The lowest BCUT2D eigenvalue weighted by molar-refractivity contribution is -0.137. The van der Waals surface area contributed by atoms with Crippen molar-refractivity contribution in [1.29, 1.82) is 0 Å². The summed E-state index contributed by atoms with van der Waals surface area (Å²) in [5.41, 5.74) is -1.09. The highest BCUT2D eigenvalue weighted by Crippen LogP contribution is 2.35. The Morgan fingerprint density at radius 2 is 2.00 bits per heavy atom. The summed E-state index contributed by atoms with van der Waals surface area (Å²) < 4.78 is 45.0. The van der Waals surface area contributed by atoms with Crippen molar-refractivity contribution >= 4 is 22.9 Å². The van der Waals surface area contributed by atoms with E-state index in [1.807, 2.05) is 17.5 Å². The molecule has 6 nitrogen and oxygen atoms in total. The first-order valence-electron chi connectivity index (χ1n) is 8.40. The number of hydrogen-bond acceptors (Lipinski definition) is 5. The number of carbonyl (C=O) groups excluding carboxylic acids is 1. The fourth-order valence-corrected chi connectivity index (χ4v) is 3.28. The van der Waals surface area contributed by atoms with Crippen molar-refractivity contribution in [3.63, 3.8) is 0 Å². The third-order valence-electron chi connectivity index (χ3n) is 4.13. The van der Waals surface area contributed by atoms with Crippen LogP contribution >= 0.6 is 11.3 Å². The van der Waals surface area contributed by atoms with E-state index in [0.717, 1.165) is 27.8 Å². The van der Waals surface area contributed by atoms with Gasteiger partial charge in [0.25, 0.3) is 5.56 Å². The van der Waals surface area contributed by atoms with E-state index in [1.165, 1.54) is 31.4 Å². The van der Waals surface area contributed by atoms with Gasteiger partial charge in [0.1, 0.15) is 17.5 Å². The molecule has 0 saturated heterocycles. The Morgan fingerprint density at radius 1 is 1.24 bits per heavy atom. The first kappa shape index (κ1) is 20.6. The highest BCUT2D eigenvalue weighted by atomic mass is 32.1. The number of methoxy groups -OCH3 is 1. The average molecular weight is 423 g/mol. The molecule has 10 heteroatoms. The van der Waals surface area contributed by atoms with Crippen LogP contribution in [0.1, 0.15) is 18.5 Å². The minimum absolute atomic E-state index is 0.0613. The Bertz CT molecular complexity index is 1080. The third kappa shape index (κ3) is 4.48. The Balaban J connectivity index is 1.90. The van der Waals surface area contributed by atoms with Gasteiger partial charge in [-0.05, 0) is 42.6 Å². The molecule has 29 heavy (non-hydrogen) atoms. The maximum absolute atomic E-state index is 13.0. The van der Waals surface area contributed by atoms with Crippen molar-refractivity contribution in [2.45, 2.75) is 19.1 Å². The van der Waals surface area contributed by atoms with Gasteiger partial charge in [0, 0.05) is 6.07 Å². The van der Waals surface area contributed by atoms with E-state index in [0.29, 0.717) is 5.69 Å². The van der Waals surface area contributed by atoms with Gasteiger partial charge in [-0.25, -0.2) is 4.68 Å². The number of aromatic nitrogens is 2. The van der Waals surface area contributed by atoms with Crippen LogP contribution in [0.4, 0.5) is 18.9 Å². The summed E-state index contributed by atoms with van der Waals surface area (Å²) in [4.78, 5) is 25.7. The number of hydrogen-bond donors (Lipinski definition) is 1. The fourth-order valence-electron chi connectivity index (χ4n) is 2.59. The lowest BCUT2D eigenvalue weighted by Gasteiger charge is -2.17. The number of carbonyl (C=O) groups is 1. The molecule has 0 aliphatic rings. The number of nitrogens with one attached hydrogen (secondary N) is 1. The molecule has 1 amide bonds. The van der Waals surface area contributed by atoms with E-state index in [2.05, 4.69) is 10.4 Å². The van der Waals surface area contributed by atoms with Crippen LogP contribution in [-0.2, 0) is 11.0 Å². The van der Waals surface area contributed by atoms with E-state index in [4.69, 9.17) is 4.74 Å². The molecule has 1 unspecified atom stereocenters. The van der Waals surface area contributed by atoms with Gasteiger partial charge in [0.15, 0.2) is 0 Å². The predicted octanol–water partition coefficient (Wildman–Crippen LogP) is 4.20. The van der Waals surface area contributed by atoms with Crippen molar-refractivity contribution in [2.24, 2.45) is 0 Å². The van der Waals surface area contributed by atoms with Gasteiger partial charge in [-0.1, -0.05) is 6.07 Å². The molecule has 0 radical (unpaired) electrons. The first-order chi connectivity index (χ1) is 13.7. The van der Waals surface area contributed by atoms with Crippen molar-refractivity contribution < 1.29 is 22.7 Å². The van der Waals surface area contributed by atoms with Crippen LogP contribution in [0.25, 0.3) is 10.6 Å². The van der Waals surface area contributed by atoms with Crippen LogP contribution in [0.5, 0.6) is 5.75 Å². The molecule has 2 heterocycles. The van der Waals surface area contributed by atoms with Crippen molar-refractivity contribution in [2.75, 3.05) is 12.4 Å². The predicted molar refractivity (Wildman–Crippen MR) is 103 cm³/mol. The minimum atomic E-state index is -4.58. The molecule has 1 N–H and O–H groups in total. The van der Waals surface area contributed by atoms with Gasteiger partial charge in [-0.3, -0.25) is 9.59 Å². The summed E-state index contributed by atoms with van der Waals surface area (Å²) in [5.74, 6) is -0.647. The normalized spacial score (nSPS) is 12.4. The molecule has 0 spiro atoms. The fraction of sp³-hybridized carbons (Fsp3) is 0.211. The maximum Gasteiger partial charge on any atom is 0.416 e. The van der Waals surface area contributed by atoms with E-state index in [1.54, 1.807) is 6.07 Å². The highest BCUT2D eigenvalue weighted by Gasteiger charge is 2.31. The number of halogens is 3. The molecule has 1 aromatic carbocycles. The Labute approximate surface area is 167 Å². The summed E-state index contributed by atoms with van der Waals surface area (Å²) in [5, 5.41) is 8.46. The molecular weight excluding hydrogens is 407 g/mol. The number of anilines is 1. The van der Waals surface area contributed by atoms with Crippen LogP contribution < -0.4 is 15.6 Å². The summed E-state index contributed by atoms with van der Waals surface area (Å²) >= 11 is 1.42. The smallest absolute Gasteiger partial charge is 0.416 e. The molecule has 0 aliphatic heterocycles. The van der Waals surface area contributed by atoms with Crippen LogP contribution in [0.3, 0.4) is 0 Å². The molecule has 3 aromatic rings. The van der Waals surface area contributed by atoms with E-state index < -0.39 is 29.2 Å². The zero-order valence-corrected chi connectivity index (χ0v) is 16.2. The summed E-state index contributed by atoms with van der Waals surface area (Å²) in [6.45, 7) is 1.43. The largest absolute Gasteiger partial charge is 0.495 e. The minimum Gasteiger partial charge on any atom is -0.495 e. The summed E-state index contributed by atoms with van der Waals surface area (Å²) in [6.07, 6.45) is -4.58. The van der Waals surface area contributed by atoms with Gasteiger partial charge in [0.2, 0.25) is 5.91 Å². The monoisotopic (exact) mass is 423 g/mol. The average Bonchev–Trinajstić information content (AvgIpc) is 3.21. The Hall–Kier alpha value is -3.14. The standard InChI is InChI=1S/C19H16F3N3O3S/c1-11(25-17(26)8-6-13(24-25)16-4-3-9-29-16)18(27)23-14-10-12(19(20,21)22)5-7-15(14)28-2/h3-11H,1-2H3,(H,23,27). The summed E-state index contributed by atoms with van der Waals surface area (Å²) in [7, 11) is 1.28. The first-order valence-corrected chi connectivity index (χ1v) is 9.28. The van der Waals surface area contributed by atoms with Gasteiger partial charge in [-0.2, -0.15) is 18.3 Å². The van der Waals surface area contributed by atoms with E-state index in [9.17, 15) is 22.8 Å². The van der Waals surface area contributed by atoms with Crippen molar-refractivity contribution in [1.82, 2.24) is 9.78 Å². The molecule has 0 aliphatic carbocycles. The highest BCUT2D eigenvalue weighted by molar-refractivity contribution is 7.13. The lowest BCUT2D eigenvalue weighted by Crippen LogP contribution is -2.33. The summed E-state index contributed by atoms with van der Waals surface area (Å²) in [6, 6.07) is 8.16. The van der Waals surface area contributed by atoms with Crippen LogP contribution in [-0.4, -0.2) is 22.8 Å². The maximum atomic E-state index is 13.0. The molecule has 0 fully saturated rings. The Kier molecular flexibility index (Phi) is 5.73. The second kappa shape index (κ2) is 8.08. The second-order valence-electron chi connectivity index (χ2n) is 6.06.